The molecule has 0 bridgehead atoms. The Bertz CT molecular complexity index is 561. The molecule has 3 atom stereocenters. The van der Waals surface area contributed by atoms with Gasteiger partial charge in [-0.3, -0.25) is 9.59 Å². The topological polar surface area (TPSA) is 52.6 Å². The minimum atomic E-state index is -0.479. The second-order valence-corrected chi connectivity index (χ2v) is 4.80. The Morgan fingerprint density at radius 3 is 2.95 bits per heavy atom. The van der Waals surface area contributed by atoms with E-state index in [0.29, 0.717) is 12.2 Å². The summed E-state index contributed by atoms with van der Waals surface area (Å²) >= 11 is 0. The van der Waals surface area contributed by atoms with Crippen molar-refractivity contribution in [3.8, 4) is 5.75 Å². The van der Waals surface area contributed by atoms with Crippen LogP contribution in [0.4, 0.5) is 0 Å². The number of methoxy groups -OCH3 is 1. The van der Waals surface area contributed by atoms with Gasteiger partial charge in [0.15, 0.2) is 0 Å². The number of fused-ring (bicyclic) bond motifs is 3. The van der Waals surface area contributed by atoms with E-state index in [1.54, 1.807) is 6.07 Å². The lowest BCUT2D eigenvalue weighted by Crippen LogP contribution is -2.41. The number of allylic oxidation sites excluding steroid dienone is 2. The maximum absolute atomic E-state index is 12.2. The molecule has 0 N–H and O–H groups in total. The summed E-state index contributed by atoms with van der Waals surface area (Å²) in [5.41, 5.74) is 0.956. The predicted molar refractivity (Wildman–Crippen MR) is 67.6 cm³/mol. The van der Waals surface area contributed by atoms with Crippen molar-refractivity contribution in [2.24, 2.45) is 11.8 Å². The maximum atomic E-state index is 12.2. The van der Waals surface area contributed by atoms with Gasteiger partial charge in [-0.25, -0.2) is 0 Å². The summed E-state index contributed by atoms with van der Waals surface area (Å²) in [6, 6.07) is 7.45. The van der Waals surface area contributed by atoms with Crippen molar-refractivity contribution >= 4 is 11.9 Å². The van der Waals surface area contributed by atoms with Crippen molar-refractivity contribution in [3.63, 3.8) is 0 Å². The van der Waals surface area contributed by atoms with Crippen molar-refractivity contribution < 1.29 is 19.1 Å². The molecule has 1 heterocycles. The molecule has 0 fully saturated rings. The summed E-state index contributed by atoms with van der Waals surface area (Å²) in [5, 5.41) is 0. The first kappa shape index (κ1) is 12.0. The molecule has 1 aromatic carbocycles. The Morgan fingerprint density at radius 1 is 1.37 bits per heavy atom. The Labute approximate surface area is 111 Å². The second-order valence-electron chi connectivity index (χ2n) is 4.80. The van der Waals surface area contributed by atoms with Gasteiger partial charge in [-0.05, 0) is 12.5 Å². The predicted octanol–water partition coefficient (Wildman–Crippen LogP) is 2.05. The summed E-state index contributed by atoms with van der Waals surface area (Å²) < 4.78 is 10.1. The first-order valence-corrected chi connectivity index (χ1v) is 6.27. The fourth-order valence-corrected chi connectivity index (χ4v) is 2.92. The Hall–Kier alpha value is -2.10. The minimum absolute atomic E-state index is 0.102. The molecule has 3 rings (SSSR count). The number of carbonyl (C=O) groups excluding carboxylic acids is 2. The Balaban J connectivity index is 2.05. The van der Waals surface area contributed by atoms with Crippen LogP contribution in [-0.2, 0) is 14.3 Å². The van der Waals surface area contributed by atoms with Crippen LogP contribution in [0.5, 0.6) is 5.75 Å². The SMILES string of the molecule is COC(=O)[C@@H]1CC=C[C@@H]2c3ccccc3OC(=O)[C@@H]21. The standard InChI is InChI=1S/C15H14O4/c1-18-14(16)11-7-4-6-10-9-5-2-3-8-12(9)19-15(17)13(10)11/h2-6,8,10-11,13H,7H2,1H3/t10-,11-,13+/m1/s1. The monoisotopic (exact) mass is 258 g/mol. The number of hydrogen-bond acceptors (Lipinski definition) is 4. The van der Waals surface area contributed by atoms with Crippen LogP contribution in [0.1, 0.15) is 17.9 Å². The second kappa shape index (κ2) is 4.53. The highest BCUT2D eigenvalue weighted by atomic mass is 16.5. The van der Waals surface area contributed by atoms with E-state index >= 15 is 0 Å². The highest BCUT2D eigenvalue weighted by Crippen LogP contribution is 2.45. The summed E-state index contributed by atoms with van der Waals surface area (Å²) in [6.07, 6.45) is 4.45. The van der Waals surface area contributed by atoms with Crippen molar-refractivity contribution in [2.45, 2.75) is 12.3 Å². The number of benzene rings is 1. The fraction of sp³-hybridized carbons (Fsp3) is 0.333. The van der Waals surface area contributed by atoms with Crippen LogP contribution in [0.25, 0.3) is 0 Å². The zero-order valence-corrected chi connectivity index (χ0v) is 10.5. The normalized spacial score (nSPS) is 28.1. The summed E-state index contributed by atoms with van der Waals surface area (Å²) in [7, 11) is 1.35. The highest BCUT2D eigenvalue weighted by molar-refractivity contribution is 5.86. The number of para-hydroxylation sites is 1. The number of carbonyl (C=O) groups is 2. The van der Waals surface area contributed by atoms with E-state index in [9.17, 15) is 9.59 Å². The molecule has 2 aliphatic rings. The van der Waals surface area contributed by atoms with Gasteiger partial charge in [0.1, 0.15) is 5.75 Å². The lowest BCUT2D eigenvalue weighted by molar-refractivity contribution is -0.156. The van der Waals surface area contributed by atoms with Crippen LogP contribution in [0.3, 0.4) is 0 Å². The number of hydrogen-bond donors (Lipinski definition) is 0. The van der Waals surface area contributed by atoms with Crippen molar-refractivity contribution in [1.29, 1.82) is 0 Å². The molecule has 4 nitrogen and oxygen atoms in total. The van der Waals surface area contributed by atoms with Crippen LogP contribution < -0.4 is 4.74 Å². The van der Waals surface area contributed by atoms with Crippen LogP contribution in [0.2, 0.25) is 0 Å². The van der Waals surface area contributed by atoms with E-state index in [-0.39, 0.29) is 17.9 Å². The van der Waals surface area contributed by atoms with Gasteiger partial charge in [0.25, 0.3) is 0 Å². The molecule has 1 aliphatic carbocycles. The zero-order chi connectivity index (χ0) is 13.4. The lowest BCUT2D eigenvalue weighted by atomic mass is 9.71. The molecule has 4 heteroatoms. The van der Waals surface area contributed by atoms with Gasteiger partial charge in [-0.2, -0.15) is 0 Å². The van der Waals surface area contributed by atoms with E-state index in [4.69, 9.17) is 9.47 Å². The first-order chi connectivity index (χ1) is 9.22. The van der Waals surface area contributed by atoms with Crippen molar-refractivity contribution in [3.05, 3.63) is 42.0 Å². The molecule has 1 aromatic rings. The van der Waals surface area contributed by atoms with Gasteiger partial charge in [-0.1, -0.05) is 30.4 Å². The van der Waals surface area contributed by atoms with E-state index in [1.165, 1.54) is 7.11 Å². The number of ether oxygens (including phenoxy) is 2. The molecule has 0 amide bonds. The van der Waals surface area contributed by atoms with Gasteiger partial charge in [-0.15, -0.1) is 0 Å². The molecule has 0 radical (unpaired) electrons. The maximum Gasteiger partial charge on any atom is 0.316 e. The third-order valence-electron chi connectivity index (χ3n) is 3.82. The van der Waals surface area contributed by atoms with Crippen LogP contribution >= 0.6 is 0 Å². The van der Waals surface area contributed by atoms with Gasteiger partial charge in [0.05, 0.1) is 18.9 Å². The third kappa shape index (κ3) is 1.84. The molecule has 19 heavy (non-hydrogen) atoms. The quantitative estimate of drug-likeness (QED) is 0.439. The highest BCUT2D eigenvalue weighted by Gasteiger charge is 2.45. The zero-order valence-electron chi connectivity index (χ0n) is 10.5. The first-order valence-electron chi connectivity index (χ1n) is 6.27. The summed E-state index contributed by atoms with van der Waals surface area (Å²) in [4.78, 5) is 24.0. The van der Waals surface area contributed by atoms with Crippen molar-refractivity contribution in [2.75, 3.05) is 7.11 Å². The molecule has 0 saturated heterocycles. The van der Waals surface area contributed by atoms with Gasteiger partial charge < -0.3 is 9.47 Å². The molecule has 1 aliphatic heterocycles. The van der Waals surface area contributed by atoms with E-state index in [0.717, 1.165) is 5.56 Å². The van der Waals surface area contributed by atoms with E-state index in [1.807, 2.05) is 30.4 Å². The Kier molecular flexibility index (Phi) is 2.85. The van der Waals surface area contributed by atoms with Gasteiger partial charge in [0.2, 0.25) is 0 Å². The minimum Gasteiger partial charge on any atom is -0.469 e. The van der Waals surface area contributed by atoms with Crippen LogP contribution in [0, 0.1) is 11.8 Å². The van der Waals surface area contributed by atoms with Gasteiger partial charge in [0, 0.05) is 11.5 Å². The van der Waals surface area contributed by atoms with Crippen LogP contribution in [-0.4, -0.2) is 19.0 Å². The van der Waals surface area contributed by atoms with Gasteiger partial charge >= 0.3 is 11.9 Å². The Morgan fingerprint density at radius 2 is 2.16 bits per heavy atom. The lowest BCUT2D eigenvalue weighted by Gasteiger charge is -2.35. The molecule has 0 aromatic heterocycles. The number of esters is 2. The molecular formula is C15H14O4. The summed E-state index contributed by atoms with van der Waals surface area (Å²) in [6.45, 7) is 0. The average Bonchev–Trinajstić information content (AvgIpc) is 2.46. The van der Waals surface area contributed by atoms with Crippen LogP contribution in [0.15, 0.2) is 36.4 Å². The van der Waals surface area contributed by atoms with Crippen molar-refractivity contribution in [1.82, 2.24) is 0 Å². The molecule has 98 valence electrons. The average molecular weight is 258 g/mol. The largest absolute Gasteiger partial charge is 0.469 e. The summed E-state index contributed by atoms with van der Waals surface area (Å²) in [5.74, 6) is -1.15. The molecule has 0 unspecified atom stereocenters. The number of rotatable bonds is 1. The third-order valence-corrected chi connectivity index (χ3v) is 3.82. The fourth-order valence-electron chi connectivity index (χ4n) is 2.92. The van der Waals surface area contributed by atoms with E-state index < -0.39 is 11.8 Å². The molecular weight excluding hydrogens is 244 g/mol. The molecule has 0 spiro atoms. The van der Waals surface area contributed by atoms with E-state index in [2.05, 4.69) is 0 Å². The smallest absolute Gasteiger partial charge is 0.316 e. The molecule has 0 saturated carbocycles.